The molecule has 1 atom stereocenters. The van der Waals surface area contributed by atoms with Gasteiger partial charge in [-0.05, 0) is 41.0 Å². The van der Waals surface area contributed by atoms with E-state index in [1.807, 2.05) is 12.1 Å². The number of nitrogens with one attached hydrogen (secondary N) is 2. The van der Waals surface area contributed by atoms with Gasteiger partial charge in [0, 0.05) is 25.7 Å². The molecule has 0 aliphatic carbocycles. The highest BCUT2D eigenvalue weighted by molar-refractivity contribution is 5.86. The van der Waals surface area contributed by atoms with Gasteiger partial charge >= 0.3 is 0 Å². The lowest BCUT2D eigenvalue weighted by atomic mass is 10.00. The summed E-state index contributed by atoms with van der Waals surface area (Å²) in [6, 6.07) is 21.4. The molecule has 0 saturated heterocycles. The Labute approximate surface area is 161 Å². The van der Waals surface area contributed by atoms with E-state index in [0.717, 1.165) is 31.1 Å². The van der Waals surface area contributed by atoms with Gasteiger partial charge in [0.1, 0.15) is 0 Å². The molecule has 4 heteroatoms. The first kappa shape index (κ1) is 19.2. The molecule has 3 rings (SSSR count). The van der Waals surface area contributed by atoms with Crippen molar-refractivity contribution in [2.75, 3.05) is 27.3 Å². The second-order valence-electron chi connectivity index (χ2n) is 6.61. The molecule has 0 aliphatic rings. The standard InChI is InChI=1S/C23H28N2O2/c1-17(20-10-6-8-19-7-4-5-9-21(19)20)25-14-13-24-16-18-11-12-22(26-2)23(15-18)27-3/h4-12,15,17,24-25H,13-14,16H2,1-3H3/t17-/m1/s1. The van der Waals surface area contributed by atoms with E-state index in [2.05, 4.69) is 66.1 Å². The van der Waals surface area contributed by atoms with Gasteiger partial charge in [0.2, 0.25) is 0 Å². The van der Waals surface area contributed by atoms with Crippen molar-refractivity contribution < 1.29 is 9.47 Å². The molecule has 0 heterocycles. The van der Waals surface area contributed by atoms with Crippen LogP contribution in [0.2, 0.25) is 0 Å². The summed E-state index contributed by atoms with van der Waals surface area (Å²) in [5.41, 5.74) is 2.52. The Balaban J connectivity index is 1.49. The van der Waals surface area contributed by atoms with Crippen LogP contribution in [0, 0.1) is 0 Å². The Morgan fingerprint density at radius 1 is 0.852 bits per heavy atom. The van der Waals surface area contributed by atoms with E-state index >= 15 is 0 Å². The molecule has 0 aromatic heterocycles. The van der Waals surface area contributed by atoms with Crippen molar-refractivity contribution >= 4 is 10.8 Å². The smallest absolute Gasteiger partial charge is 0.161 e. The summed E-state index contributed by atoms with van der Waals surface area (Å²) in [6.07, 6.45) is 0. The van der Waals surface area contributed by atoms with Gasteiger partial charge in [0.15, 0.2) is 11.5 Å². The van der Waals surface area contributed by atoms with Crippen LogP contribution in [0.1, 0.15) is 24.1 Å². The fraction of sp³-hybridized carbons (Fsp3) is 0.304. The lowest BCUT2D eigenvalue weighted by Crippen LogP contribution is -2.29. The molecule has 0 radical (unpaired) electrons. The predicted octanol–water partition coefficient (Wildman–Crippen LogP) is 4.30. The normalized spacial score (nSPS) is 12.1. The Bertz CT molecular complexity index is 874. The maximum Gasteiger partial charge on any atom is 0.161 e. The zero-order valence-electron chi connectivity index (χ0n) is 16.3. The van der Waals surface area contributed by atoms with E-state index in [1.54, 1.807) is 14.2 Å². The monoisotopic (exact) mass is 364 g/mol. The van der Waals surface area contributed by atoms with Crippen LogP contribution in [0.4, 0.5) is 0 Å². The molecule has 0 bridgehead atoms. The van der Waals surface area contributed by atoms with Crippen molar-refractivity contribution in [1.82, 2.24) is 10.6 Å². The van der Waals surface area contributed by atoms with Crippen LogP contribution in [-0.4, -0.2) is 27.3 Å². The van der Waals surface area contributed by atoms with Gasteiger partial charge < -0.3 is 20.1 Å². The Kier molecular flexibility index (Phi) is 6.69. The highest BCUT2D eigenvalue weighted by Crippen LogP contribution is 2.27. The van der Waals surface area contributed by atoms with Crippen molar-refractivity contribution in [2.24, 2.45) is 0 Å². The minimum absolute atomic E-state index is 0.305. The van der Waals surface area contributed by atoms with Crippen LogP contribution < -0.4 is 20.1 Å². The Morgan fingerprint density at radius 3 is 2.44 bits per heavy atom. The zero-order valence-corrected chi connectivity index (χ0v) is 16.3. The number of rotatable bonds is 9. The van der Waals surface area contributed by atoms with Crippen molar-refractivity contribution in [1.29, 1.82) is 0 Å². The van der Waals surface area contributed by atoms with Gasteiger partial charge in [0.25, 0.3) is 0 Å². The third kappa shape index (κ3) is 4.79. The summed E-state index contributed by atoms with van der Waals surface area (Å²) < 4.78 is 10.6. The zero-order chi connectivity index (χ0) is 19.1. The van der Waals surface area contributed by atoms with Crippen LogP contribution in [0.3, 0.4) is 0 Å². The van der Waals surface area contributed by atoms with E-state index in [9.17, 15) is 0 Å². The number of benzene rings is 3. The van der Waals surface area contributed by atoms with Crippen molar-refractivity contribution in [3.05, 3.63) is 71.8 Å². The summed E-state index contributed by atoms with van der Waals surface area (Å²) in [4.78, 5) is 0. The molecule has 0 unspecified atom stereocenters. The second-order valence-corrected chi connectivity index (χ2v) is 6.61. The maximum atomic E-state index is 5.35. The SMILES string of the molecule is COc1ccc(CNCCN[C@H](C)c2cccc3ccccc23)cc1OC. The average molecular weight is 364 g/mol. The number of hydrogen-bond donors (Lipinski definition) is 2. The first-order valence-corrected chi connectivity index (χ1v) is 9.35. The van der Waals surface area contributed by atoms with Gasteiger partial charge in [-0.2, -0.15) is 0 Å². The molecule has 0 fully saturated rings. The predicted molar refractivity (Wildman–Crippen MR) is 112 cm³/mol. The van der Waals surface area contributed by atoms with E-state index in [-0.39, 0.29) is 0 Å². The molecule has 3 aromatic carbocycles. The highest BCUT2D eigenvalue weighted by atomic mass is 16.5. The summed E-state index contributed by atoms with van der Waals surface area (Å²) in [5, 5.41) is 9.69. The molecule has 3 aromatic rings. The quantitative estimate of drug-likeness (QED) is 0.556. The largest absolute Gasteiger partial charge is 0.493 e. The van der Waals surface area contributed by atoms with E-state index < -0.39 is 0 Å². The minimum Gasteiger partial charge on any atom is -0.493 e. The van der Waals surface area contributed by atoms with E-state index in [1.165, 1.54) is 21.9 Å². The third-order valence-corrected chi connectivity index (χ3v) is 4.82. The van der Waals surface area contributed by atoms with Crippen LogP contribution in [0.5, 0.6) is 11.5 Å². The third-order valence-electron chi connectivity index (χ3n) is 4.82. The molecule has 0 aliphatic heterocycles. The Hall–Kier alpha value is -2.56. The first-order chi connectivity index (χ1) is 13.2. The second kappa shape index (κ2) is 9.40. The Morgan fingerprint density at radius 2 is 1.63 bits per heavy atom. The first-order valence-electron chi connectivity index (χ1n) is 9.35. The van der Waals surface area contributed by atoms with Crippen LogP contribution >= 0.6 is 0 Å². The average Bonchev–Trinajstić information content (AvgIpc) is 2.72. The van der Waals surface area contributed by atoms with Gasteiger partial charge in [-0.25, -0.2) is 0 Å². The summed E-state index contributed by atoms with van der Waals surface area (Å²) in [6.45, 7) is 4.81. The molecule has 4 nitrogen and oxygen atoms in total. The molecule has 142 valence electrons. The topological polar surface area (TPSA) is 42.5 Å². The lowest BCUT2D eigenvalue weighted by molar-refractivity contribution is 0.354. The minimum atomic E-state index is 0.305. The van der Waals surface area contributed by atoms with Gasteiger partial charge in [-0.1, -0.05) is 48.5 Å². The van der Waals surface area contributed by atoms with Crippen LogP contribution in [0.15, 0.2) is 60.7 Å². The number of methoxy groups -OCH3 is 2. The lowest BCUT2D eigenvalue weighted by Gasteiger charge is -2.17. The van der Waals surface area contributed by atoms with Gasteiger partial charge in [-0.3, -0.25) is 0 Å². The maximum absolute atomic E-state index is 5.35. The number of ether oxygens (including phenoxy) is 2. The molecular formula is C23H28N2O2. The highest BCUT2D eigenvalue weighted by Gasteiger charge is 2.08. The van der Waals surface area contributed by atoms with E-state index in [0.29, 0.717) is 6.04 Å². The fourth-order valence-electron chi connectivity index (χ4n) is 3.34. The molecular weight excluding hydrogens is 336 g/mol. The fourth-order valence-corrected chi connectivity index (χ4v) is 3.34. The van der Waals surface area contributed by atoms with Crippen molar-refractivity contribution in [3.63, 3.8) is 0 Å². The molecule has 0 amide bonds. The molecule has 0 spiro atoms. The summed E-state index contributed by atoms with van der Waals surface area (Å²) >= 11 is 0. The molecule has 27 heavy (non-hydrogen) atoms. The summed E-state index contributed by atoms with van der Waals surface area (Å²) in [5.74, 6) is 1.52. The van der Waals surface area contributed by atoms with Crippen molar-refractivity contribution in [2.45, 2.75) is 19.5 Å². The van der Waals surface area contributed by atoms with Gasteiger partial charge in [-0.15, -0.1) is 0 Å². The summed E-state index contributed by atoms with van der Waals surface area (Å²) in [7, 11) is 3.31. The number of fused-ring (bicyclic) bond motifs is 1. The number of hydrogen-bond acceptors (Lipinski definition) is 4. The van der Waals surface area contributed by atoms with Gasteiger partial charge in [0.05, 0.1) is 14.2 Å². The van der Waals surface area contributed by atoms with Crippen LogP contribution in [0.25, 0.3) is 10.8 Å². The van der Waals surface area contributed by atoms with Crippen molar-refractivity contribution in [3.8, 4) is 11.5 Å². The molecule has 2 N–H and O–H groups in total. The molecule has 0 saturated carbocycles. The van der Waals surface area contributed by atoms with E-state index in [4.69, 9.17) is 9.47 Å². The van der Waals surface area contributed by atoms with Crippen LogP contribution in [-0.2, 0) is 6.54 Å².